The first-order valence-corrected chi connectivity index (χ1v) is 8.00. The Hall–Kier alpha value is -1.35. The summed E-state index contributed by atoms with van der Waals surface area (Å²) in [7, 11) is 0. The molecule has 3 heteroatoms. The fraction of sp³-hybridized carbons (Fsp3) is 0.611. The second-order valence-corrected chi connectivity index (χ2v) is 7.20. The molecule has 0 saturated carbocycles. The third-order valence-electron chi connectivity index (χ3n) is 3.98. The highest BCUT2D eigenvalue weighted by Gasteiger charge is 2.21. The highest BCUT2D eigenvalue weighted by molar-refractivity contribution is 5.42. The molecular weight excluding hydrogens is 258 g/mol. The summed E-state index contributed by atoms with van der Waals surface area (Å²) in [6, 6.07) is 6.82. The zero-order chi connectivity index (χ0) is 15.5. The van der Waals surface area contributed by atoms with Crippen molar-refractivity contribution in [2.24, 2.45) is 5.41 Å². The Bertz CT molecular complexity index is 497. The van der Waals surface area contributed by atoms with Gasteiger partial charge in [-0.15, -0.1) is 0 Å². The van der Waals surface area contributed by atoms with Gasteiger partial charge in [-0.1, -0.05) is 52.3 Å². The predicted octanol–water partition coefficient (Wildman–Crippen LogP) is 3.76. The molecule has 2 rings (SSSR count). The van der Waals surface area contributed by atoms with Crippen LogP contribution in [0.25, 0.3) is 0 Å². The lowest BCUT2D eigenvalue weighted by molar-refractivity contribution is 0.472. The minimum atomic E-state index is 0.294. The van der Waals surface area contributed by atoms with E-state index >= 15 is 0 Å². The topological polar surface area (TPSA) is 28.2 Å². The molecular formula is C18H29N3. The first kappa shape index (κ1) is 16.0. The summed E-state index contributed by atoms with van der Waals surface area (Å²) in [5, 5.41) is 3.43. The van der Waals surface area contributed by atoms with Crippen LogP contribution in [0.2, 0.25) is 0 Å². The number of pyridine rings is 1. The zero-order valence-corrected chi connectivity index (χ0v) is 14.1. The largest absolute Gasteiger partial charge is 0.353 e. The lowest BCUT2D eigenvalue weighted by Gasteiger charge is -2.33. The highest BCUT2D eigenvalue weighted by Crippen LogP contribution is 2.31. The van der Waals surface area contributed by atoms with Crippen LogP contribution in [0.15, 0.2) is 29.8 Å². The summed E-state index contributed by atoms with van der Waals surface area (Å²) >= 11 is 0. The molecule has 0 amide bonds. The van der Waals surface area contributed by atoms with Crippen molar-refractivity contribution in [3.63, 3.8) is 0 Å². The second-order valence-electron chi connectivity index (χ2n) is 7.20. The average Bonchev–Trinajstić information content (AvgIpc) is 2.45. The van der Waals surface area contributed by atoms with Crippen LogP contribution in [0.3, 0.4) is 0 Å². The maximum Gasteiger partial charge on any atom is 0.129 e. The Balaban J connectivity index is 2.03. The van der Waals surface area contributed by atoms with Crippen molar-refractivity contribution in [2.45, 2.75) is 53.6 Å². The van der Waals surface area contributed by atoms with Crippen molar-refractivity contribution >= 4 is 5.82 Å². The van der Waals surface area contributed by atoms with Gasteiger partial charge in [-0.05, 0) is 24.0 Å². The van der Waals surface area contributed by atoms with Crippen LogP contribution < -0.4 is 10.2 Å². The fourth-order valence-electron chi connectivity index (χ4n) is 2.61. The highest BCUT2D eigenvalue weighted by atomic mass is 15.2. The van der Waals surface area contributed by atoms with Crippen LogP contribution in [0.4, 0.5) is 5.82 Å². The molecule has 0 spiro atoms. The van der Waals surface area contributed by atoms with Gasteiger partial charge >= 0.3 is 0 Å². The quantitative estimate of drug-likeness (QED) is 0.855. The number of nitrogens with one attached hydrogen (secondary N) is 1. The van der Waals surface area contributed by atoms with Crippen LogP contribution in [0.1, 0.15) is 46.7 Å². The number of rotatable bonds is 4. The zero-order valence-electron chi connectivity index (χ0n) is 14.1. The van der Waals surface area contributed by atoms with E-state index < -0.39 is 0 Å². The molecule has 1 aliphatic rings. The average molecular weight is 287 g/mol. The molecule has 0 atom stereocenters. The van der Waals surface area contributed by atoms with E-state index in [4.69, 9.17) is 4.98 Å². The number of nitrogens with zero attached hydrogens (tertiary/aromatic N) is 2. The fourth-order valence-corrected chi connectivity index (χ4v) is 2.61. The SMILES string of the molecule is CC(C)NCc1cccc(N2CC=C(C(C)(C)C)CC2)n1. The Morgan fingerprint density at radius 1 is 1.29 bits per heavy atom. The number of aromatic nitrogens is 1. The normalized spacial score (nSPS) is 16.3. The number of anilines is 1. The van der Waals surface area contributed by atoms with Crippen LogP contribution in [0, 0.1) is 5.41 Å². The molecule has 0 unspecified atom stereocenters. The molecule has 0 fully saturated rings. The molecule has 0 radical (unpaired) electrons. The Kier molecular flexibility index (Phi) is 5.04. The molecule has 21 heavy (non-hydrogen) atoms. The third-order valence-corrected chi connectivity index (χ3v) is 3.98. The van der Waals surface area contributed by atoms with E-state index in [0.29, 0.717) is 11.5 Å². The van der Waals surface area contributed by atoms with Gasteiger partial charge in [0.1, 0.15) is 5.82 Å². The van der Waals surface area contributed by atoms with Gasteiger partial charge in [0.15, 0.2) is 0 Å². The van der Waals surface area contributed by atoms with Crippen LogP contribution in [-0.4, -0.2) is 24.1 Å². The standard InChI is InChI=1S/C18H29N3/c1-14(2)19-13-16-7-6-8-17(20-16)21-11-9-15(10-12-21)18(3,4)5/h6-9,14,19H,10-13H2,1-5H3. The van der Waals surface area contributed by atoms with Crippen molar-refractivity contribution in [1.82, 2.24) is 10.3 Å². The predicted molar refractivity (Wildman–Crippen MR) is 90.6 cm³/mol. The van der Waals surface area contributed by atoms with Gasteiger partial charge in [-0.25, -0.2) is 4.98 Å². The molecule has 1 N–H and O–H groups in total. The molecule has 1 aromatic heterocycles. The van der Waals surface area contributed by atoms with Crippen molar-refractivity contribution in [3.8, 4) is 0 Å². The van der Waals surface area contributed by atoms with Gasteiger partial charge in [-0.2, -0.15) is 0 Å². The van der Waals surface area contributed by atoms with Crippen molar-refractivity contribution in [3.05, 3.63) is 35.5 Å². The van der Waals surface area contributed by atoms with Gasteiger partial charge in [0.25, 0.3) is 0 Å². The second kappa shape index (κ2) is 6.61. The van der Waals surface area contributed by atoms with Crippen molar-refractivity contribution in [2.75, 3.05) is 18.0 Å². The molecule has 0 aliphatic carbocycles. The van der Waals surface area contributed by atoms with E-state index in [2.05, 4.69) is 69.1 Å². The van der Waals surface area contributed by atoms with Crippen LogP contribution >= 0.6 is 0 Å². The van der Waals surface area contributed by atoms with E-state index in [9.17, 15) is 0 Å². The Morgan fingerprint density at radius 2 is 2.05 bits per heavy atom. The molecule has 1 aromatic rings. The van der Waals surface area contributed by atoms with Crippen LogP contribution in [0.5, 0.6) is 0 Å². The first-order valence-electron chi connectivity index (χ1n) is 8.00. The molecule has 0 saturated heterocycles. The van der Waals surface area contributed by atoms with E-state index in [-0.39, 0.29) is 0 Å². The van der Waals surface area contributed by atoms with E-state index in [1.165, 1.54) is 0 Å². The van der Waals surface area contributed by atoms with Gasteiger partial charge in [0.2, 0.25) is 0 Å². The van der Waals surface area contributed by atoms with Gasteiger partial charge in [-0.3, -0.25) is 0 Å². The van der Waals surface area contributed by atoms with Crippen molar-refractivity contribution in [1.29, 1.82) is 0 Å². The van der Waals surface area contributed by atoms with Gasteiger partial charge < -0.3 is 10.2 Å². The summed E-state index contributed by atoms with van der Waals surface area (Å²) in [6.45, 7) is 14.1. The Morgan fingerprint density at radius 3 is 2.62 bits per heavy atom. The molecule has 116 valence electrons. The summed E-state index contributed by atoms with van der Waals surface area (Å²) in [5.41, 5.74) is 2.98. The van der Waals surface area contributed by atoms with Crippen molar-refractivity contribution < 1.29 is 0 Å². The molecule has 1 aliphatic heterocycles. The summed E-state index contributed by atoms with van der Waals surface area (Å²) < 4.78 is 0. The minimum Gasteiger partial charge on any atom is -0.353 e. The number of hydrogen-bond acceptors (Lipinski definition) is 3. The van der Waals surface area contributed by atoms with Gasteiger partial charge in [0, 0.05) is 25.7 Å². The minimum absolute atomic E-state index is 0.294. The van der Waals surface area contributed by atoms with E-state index in [1.807, 2.05) is 0 Å². The maximum absolute atomic E-state index is 4.79. The number of hydrogen-bond donors (Lipinski definition) is 1. The molecule has 3 nitrogen and oxygen atoms in total. The van der Waals surface area contributed by atoms with Gasteiger partial charge in [0.05, 0.1) is 5.69 Å². The molecule has 0 bridgehead atoms. The molecule has 2 heterocycles. The van der Waals surface area contributed by atoms with E-state index in [0.717, 1.165) is 37.6 Å². The monoisotopic (exact) mass is 287 g/mol. The van der Waals surface area contributed by atoms with E-state index in [1.54, 1.807) is 5.57 Å². The maximum atomic E-state index is 4.79. The summed E-state index contributed by atoms with van der Waals surface area (Å²) in [6.07, 6.45) is 3.52. The lowest BCUT2D eigenvalue weighted by Crippen LogP contribution is -2.32. The van der Waals surface area contributed by atoms with Crippen LogP contribution in [-0.2, 0) is 6.54 Å². The third kappa shape index (κ3) is 4.57. The lowest BCUT2D eigenvalue weighted by atomic mass is 9.83. The molecule has 0 aromatic carbocycles. The summed E-state index contributed by atoms with van der Waals surface area (Å²) in [5.74, 6) is 1.10. The smallest absolute Gasteiger partial charge is 0.129 e. The Labute approximate surface area is 129 Å². The first-order chi connectivity index (χ1) is 9.86. The summed E-state index contributed by atoms with van der Waals surface area (Å²) in [4.78, 5) is 7.16.